The summed E-state index contributed by atoms with van der Waals surface area (Å²) >= 11 is 22.1. The molecular weight excluding hydrogens is 1190 g/mol. The monoisotopic (exact) mass is 1230 g/mol. The van der Waals surface area contributed by atoms with Gasteiger partial charge >= 0.3 is 17.9 Å². The van der Waals surface area contributed by atoms with Crippen LogP contribution in [0.5, 0.6) is 0 Å². The number of rotatable bonds is 15. The molecule has 3 aliphatic heterocycles. The third-order valence-corrected chi connectivity index (χ3v) is 20.3. The number of Topliss-reactive ketones (excluding diaryl/α,β-unsaturated/α-hetero) is 1. The number of nitrogens with zero attached hydrogens (tertiary/aromatic N) is 6. The van der Waals surface area contributed by atoms with Gasteiger partial charge in [0.05, 0.1) is 22.7 Å². The minimum absolute atomic E-state index is 0.165. The zero-order valence-electron chi connectivity index (χ0n) is 41.1. The second-order valence-corrected chi connectivity index (χ2v) is 25.2. The average Bonchev–Trinajstić information content (AvgIpc) is 4.44. The molecule has 3 fully saturated rings. The van der Waals surface area contributed by atoms with Crippen molar-refractivity contribution in [3.05, 3.63) is 148 Å². The number of carboxylic acid groups (broad SMARTS) is 3. The third kappa shape index (κ3) is 11.4. The number of amides is 2. The number of carboxylic acids is 3. The Bertz CT molecular complexity index is 3820. The van der Waals surface area contributed by atoms with Gasteiger partial charge < -0.3 is 25.5 Å². The van der Waals surface area contributed by atoms with Crippen LogP contribution < -0.4 is 54.5 Å². The van der Waals surface area contributed by atoms with Crippen LogP contribution in [0.1, 0.15) is 30.5 Å². The van der Waals surface area contributed by atoms with Crippen LogP contribution in [0.15, 0.2) is 87.2 Å². The number of likely N-dealkylation sites (N-methyl/N-ethyl adjacent to an activating group) is 1. The van der Waals surface area contributed by atoms with Gasteiger partial charge in [-0.05, 0) is 92.2 Å². The number of thiazole rings is 3. The predicted octanol–water partition coefficient (Wildman–Crippen LogP) is 1.88. The lowest BCUT2D eigenvalue weighted by Gasteiger charge is -2.26. The highest BCUT2D eigenvalue weighted by Gasteiger charge is 2.37. The van der Waals surface area contributed by atoms with Gasteiger partial charge in [-0.25, -0.2) is 0 Å². The molecule has 6 heterocycles. The van der Waals surface area contributed by atoms with Gasteiger partial charge in [0.25, 0.3) is 28.5 Å². The molecule has 0 bridgehead atoms. The van der Waals surface area contributed by atoms with Gasteiger partial charge in [-0.3, -0.25) is 66.7 Å². The van der Waals surface area contributed by atoms with Crippen molar-refractivity contribution in [1.82, 2.24) is 28.8 Å². The normalized spacial score (nSPS) is 18.6. The van der Waals surface area contributed by atoms with Crippen molar-refractivity contribution in [2.75, 3.05) is 25.0 Å². The molecule has 79 heavy (non-hydrogen) atoms. The number of hydrogen-bond acceptors (Lipinski definition) is 20. The molecule has 19 nitrogen and oxygen atoms in total. The Kier molecular flexibility index (Phi) is 17.0. The Morgan fingerprint density at radius 1 is 0.532 bits per heavy atom. The fourth-order valence-corrected chi connectivity index (χ4v) is 16.4. The highest BCUT2D eigenvalue weighted by molar-refractivity contribution is 8.31. The molecule has 3 aromatic carbocycles. The van der Waals surface area contributed by atoms with Crippen molar-refractivity contribution in [3.8, 4) is 0 Å². The first-order chi connectivity index (χ1) is 37.7. The van der Waals surface area contributed by atoms with Crippen LogP contribution in [0, 0.1) is 0 Å². The summed E-state index contributed by atoms with van der Waals surface area (Å²) in [6.45, 7) is 2.08. The molecule has 0 radical (unpaired) electrons. The zero-order chi connectivity index (χ0) is 56.7. The summed E-state index contributed by atoms with van der Waals surface area (Å²) in [7, 11) is 1.58. The molecule has 3 saturated heterocycles. The van der Waals surface area contributed by atoms with Crippen molar-refractivity contribution in [1.29, 1.82) is 0 Å². The summed E-state index contributed by atoms with van der Waals surface area (Å²) in [5, 5.41) is 32.1. The van der Waals surface area contributed by atoms with Gasteiger partial charge in [0.15, 0.2) is 5.78 Å². The number of aliphatic carboxylic acids is 3. The maximum absolute atomic E-state index is 13.8. The molecule has 4 N–H and O–H groups in total. The third-order valence-electron chi connectivity index (χ3n) is 12.1. The van der Waals surface area contributed by atoms with E-state index in [2.05, 4.69) is 5.32 Å². The summed E-state index contributed by atoms with van der Waals surface area (Å²) < 4.78 is 5.18. The smallest absolute Gasteiger partial charge is 0.323 e. The van der Waals surface area contributed by atoms with Crippen molar-refractivity contribution in [2.45, 2.75) is 39.5 Å². The highest BCUT2D eigenvalue weighted by atomic mass is 32.2. The number of benzene rings is 3. The standard InChI is InChI=1S/C51H39N7O12S9/c1-4-53-44(69)39(78-50(53)72)47-56(22-34(61)62)42(67)31(75-47)19-25-8-14-28(15-9-25)58(27-12-6-24(7-13-27)18-30-41(66)55(21-33(59)60)46(74-30)38-37(65)36(52-3)49(71)77-38)29-16-10-26(11-17-29)20-32-43(68)57(23-35(63)64)48(76-32)40-45(70)54(5-2)51(73)79-40/h6-20,36,52H,4-5,21-23H2,1-3H3,(H,59,60)(H,61,62)(H,63,64)/b30-18-,31-19-,32-20+,46-38+,47-39+,48-40+. The quantitative estimate of drug-likeness (QED) is 0.107. The lowest BCUT2D eigenvalue weighted by Crippen LogP contribution is -2.37. The molecule has 0 spiro atoms. The molecule has 3 aliphatic rings. The van der Waals surface area contributed by atoms with Gasteiger partial charge in [0, 0.05) is 30.2 Å². The van der Waals surface area contributed by atoms with E-state index in [1.54, 1.807) is 112 Å². The minimum atomic E-state index is -1.27. The summed E-state index contributed by atoms with van der Waals surface area (Å²) in [6.07, 6.45) is 4.79. The fourth-order valence-electron chi connectivity index (χ4n) is 8.41. The maximum atomic E-state index is 13.8. The molecular formula is C51H39N7O12S9. The van der Waals surface area contributed by atoms with E-state index in [1.807, 2.05) is 4.90 Å². The molecule has 9 rings (SSSR count). The van der Waals surface area contributed by atoms with Crippen molar-refractivity contribution < 1.29 is 44.1 Å². The van der Waals surface area contributed by atoms with Crippen molar-refractivity contribution >= 4 is 204 Å². The topological polar surface area (TPSA) is 251 Å². The first kappa shape index (κ1) is 57.0. The van der Waals surface area contributed by atoms with Crippen LogP contribution >= 0.6 is 106 Å². The predicted molar refractivity (Wildman–Crippen MR) is 322 cm³/mol. The molecule has 28 heteroatoms. The van der Waals surface area contributed by atoms with Crippen LogP contribution in [0.2, 0.25) is 0 Å². The number of thioether (sulfide) groups is 3. The Morgan fingerprint density at radius 2 is 0.848 bits per heavy atom. The molecule has 2 amide bonds. The van der Waals surface area contributed by atoms with E-state index < -0.39 is 72.1 Å². The summed E-state index contributed by atoms with van der Waals surface area (Å²) in [5.74, 6) is -5.01. The van der Waals surface area contributed by atoms with Crippen LogP contribution in [-0.4, -0.2) is 113 Å². The number of thiocarbonyl (C=S) groups is 3. The molecule has 0 saturated carbocycles. The van der Waals surface area contributed by atoms with Crippen LogP contribution in [0.4, 0.5) is 17.1 Å². The van der Waals surface area contributed by atoms with Gasteiger partial charge in [-0.1, -0.05) is 108 Å². The van der Waals surface area contributed by atoms with Gasteiger partial charge in [0.2, 0.25) is 0 Å². The SMILES string of the molecule is CCN1C(=O)/C(=c2\s/c(=C\c3ccc(N(c4ccc(/C=c5\s/c(=C6/SC(=S)C(NC)C6=O)n(CC(=O)O)c5=O)cc4)c4ccc(/C=c5/s/c(=C6/SC(=S)N(CC)C6=O)n(CC(=O)O)c5=O)cc4)cc3)c(=O)n2CC(=O)O)SC1=S. The maximum Gasteiger partial charge on any atom is 0.323 e. The Labute approximate surface area is 486 Å². The van der Waals surface area contributed by atoms with Gasteiger partial charge in [-0.2, -0.15) is 0 Å². The molecule has 404 valence electrons. The van der Waals surface area contributed by atoms with Crippen LogP contribution in [-0.2, 0) is 48.4 Å². The highest BCUT2D eigenvalue weighted by Crippen LogP contribution is 2.36. The first-order valence-electron chi connectivity index (χ1n) is 23.3. The van der Waals surface area contributed by atoms with Crippen LogP contribution in [0.25, 0.3) is 32.9 Å². The molecule has 3 aromatic heterocycles. The molecule has 6 aromatic rings. The second-order valence-electron chi connectivity index (χ2n) is 17.0. The lowest BCUT2D eigenvalue weighted by molar-refractivity contribution is -0.138. The minimum Gasteiger partial charge on any atom is -0.480 e. The van der Waals surface area contributed by atoms with E-state index >= 15 is 0 Å². The average molecular weight is 1230 g/mol. The van der Waals surface area contributed by atoms with Gasteiger partial charge in [-0.15, -0.1) is 34.0 Å². The van der Waals surface area contributed by atoms with E-state index in [4.69, 9.17) is 36.7 Å². The van der Waals surface area contributed by atoms with Crippen LogP contribution in [0.3, 0.4) is 0 Å². The van der Waals surface area contributed by atoms with Gasteiger partial charge in [0.1, 0.15) is 58.1 Å². The number of anilines is 3. The Balaban J connectivity index is 1.13. The second kappa shape index (κ2) is 23.5. The number of carbonyl (C=O) groups excluding carboxylic acids is 3. The van der Waals surface area contributed by atoms with E-state index in [-0.39, 0.29) is 48.1 Å². The van der Waals surface area contributed by atoms with E-state index in [1.165, 1.54) is 9.80 Å². The number of hydrogen-bond donors (Lipinski definition) is 4. The van der Waals surface area contributed by atoms with E-state index in [0.29, 0.717) is 59.7 Å². The molecule has 0 aliphatic carbocycles. The largest absolute Gasteiger partial charge is 0.480 e. The number of aromatic nitrogens is 3. The summed E-state index contributed by atoms with van der Waals surface area (Å²) in [5.41, 5.74) is 1.77. The Morgan fingerprint density at radius 3 is 1.11 bits per heavy atom. The summed E-state index contributed by atoms with van der Waals surface area (Å²) in [6, 6.07) is 20.5. The van der Waals surface area contributed by atoms with E-state index in [0.717, 1.165) is 83.0 Å². The van der Waals surface area contributed by atoms with Crippen molar-refractivity contribution in [3.63, 3.8) is 0 Å². The Hall–Kier alpha value is -6.73. The number of carbonyl (C=O) groups is 6. The summed E-state index contributed by atoms with van der Waals surface area (Å²) in [4.78, 5) is 122. The van der Waals surface area contributed by atoms with Crippen molar-refractivity contribution in [2.24, 2.45) is 0 Å². The number of nitrogens with one attached hydrogen (secondary N) is 1. The fraction of sp³-hybridized carbons (Fsp3) is 0.176. The molecule has 1 atom stereocenters. The molecule has 1 unspecified atom stereocenters. The first-order valence-corrected chi connectivity index (χ1v) is 29.5. The zero-order valence-corrected chi connectivity index (χ0v) is 48.5. The lowest BCUT2D eigenvalue weighted by atomic mass is 10.1. The van der Waals surface area contributed by atoms with E-state index in [9.17, 15) is 58.5 Å². The number of ketones is 1.